The standard InChI is InChI=1S/C25H24ClN7O3/c1-3-20(34)27-16-6-4-5-15(13-16)22-21-23(26)31-32-24(21)30-25(29-22)28-17-7-8-19(35-2)18(14-17)33-9-11-36-12-10-33/h3-8,13-14H,1,9-12H2,2H3,(H,27,34)(H2,28,29,30,31,32). The Kier molecular flexibility index (Phi) is 6.70. The van der Waals surface area contributed by atoms with E-state index in [-0.39, 0.29) is 11.1 Å². The van der Waals surface area contributed by atoms with Gasteiger partial charge in [-0.05, 0) is 36.4 Å². The lowest BCUT2D eigenvalue weighted by atomic mass is 10.1. The van der Waals surface area contributed by atoms with Crippen molar-refractivity contribution in [3.05, 3.63) is 60.3 Å². The summed E-state index contributed by atoms with van der Waals surface area (Å²) < 4.78 is 11.1. The average Bonchev–Trinajstić information content (AvgIpc) is 3.29. The van der Waals surface area contributed by atoms with Crippen molar-refractivity contribution < 1.29 is 14.3 Å². The number of H-pyrrole nitrogens is 1. The van der Waals surface area contributed by atoms with Crippen molar-refractivity contribution in [2.45, 2.75) is 0 Å². The molecule has 1 aliphatic heterocycles. The number of hydrogen-bond donors (Lipinski definition) is 3. The van der Waals surface area contributed by atoms with Crippen molar-refractivity contribution in [1.82, 2.24) is 20.2 Å². The third kappa shape index (κ3) is 4.81. The fourth-order valence-electron chi connectivity index (χ4n) is 4.05. The van der Waals surface area contributed by atoms with Crippen LogP contribution in [-0.4, -0.2) is 59.5 Å². The zero-order chi connectivity index (χ0) is 25.1. The molecule has 0 aliphatic carbocycles. The topological polar surface area (TPSA) is 117 Å². The lowest BCUT2D eigenvalue weighted by molar-refractivity contribution is -0.111. The van der Waals surface area contributed by atoms with Gasteiger partial charge in [-0.3, -0.25) is 9.89 Å². The minimum absolute atomic E-state index is 0.256. The SMILES string of the molecule is C=CC(=O)Nc1cccc(-c2nc(Nc3ccc(OC)c(N4CCOCC4)c3)nc3[nH]nc(Cl)c23)c1. The highest BCUT2D eigenvalue weighted by molar-refractivity contribution is 6.35. The molecule has 0 unspecified atom stereocenters. The molecule has 0 saturated carbocycles. The molecule has 0 radical (unpaired) electrons. The first kappa shape index (κ1) is 23.6. The molecule has 11 heteroatoms. The molecule has 1 amide bonds. The lowest BCUT2D eigenvalue weighted by Crippen LogP contribution is -2.36. The van der Waals surface area contributed by atoms with Crippen LogP contribution in [0.2, 0.25) is 5.15 Å². The van der Waals surface area contributed by atoms with Gasteiger partial charge in [0.1, 0.15) is 5.75 Å². The van der Waals surface area contributed by atoms with Crippen molar-refractivity contribution in [3.8, 4) is 17.0 Å². The van der Waals surface area contributed by atoms with Crippen molar-refractivity contribution in [2.75, 3.05) is 48.9 Å². The van der Waals surface area contributed by atoms with Gasteiger partial charge >= 0.3 is 0 Å². The predicted octanol–water partition coefficient (Wildman–Crippen LogP) is 4.39. The highest BCUT2D eigenvalue weighted by atomic mass is 35.5. The van der Waals surface area contributed by atoms with E-state index in [0.717, 1.165) is 35.8 Å². The first-order valence-electron chi connectivity index (χ1n) is 11.3. The second kappa shape index (κ2) is 10.2. The number of aromatic nitrogens is 4. The van der Waals surface area contributed by atoms with Crippen LogP contribution in [0.4, 0.5) is 23.0 Å². The van der Waals surface area contributed by atoms with Gasteiger partial charge in [0, 0.05) is 30.0 Å². The number of fused-ring (bicyclic) bond motifs is 1. The second-order valence-electron chi connectivity index (χ2n) is 8.02. The van der Waals surface area contributed by atoms with Gasteiger partial charge in [0.25, 0.3) is 0 Å². The van der Waals surface area contributed by atoms with Gasteiger partial charge in [-0.15, -0.1) is 0 Å². The fraction of sp³-hybridized carbons (Fsp3) is 0.200. The Morgan fingerprint density at radius 2 is 2.03 bits per heavy atom. The minimum atomic E-state index is -0.306. The van der Waals surface area contributed by atoms with E-state index in [1.165, 1.54) is 6.08 Å². The molecule has 3 N–H and O–H groups in total. The highest BCUT2D eigenvalue weighted by Gasteiger charge is 2.19. The zero-order valence-electron chi connectivity index (χ0n) is 19.5. The van der Waals surface area contributed by atoms with Crippen LogP contribution in [0.3, 0.4) is 0 Å². The molecule has 2 aromatic heterocycles. The maximum absolute atomic E-state index is 11.8. The summed E-state index contributed by atoms with van der Waals surface area (Å²) in [6, 6.07) is 13.1. The molecule has 5 rings (SSSR count). The van der Waals surface area contributed by atoms with Crippen LogP contribution in [0.15, 0.2) is 55.1 Å². The molecule has 4 aromatic rings. The van der Waals surface area contributed by atoms with E-state index < -0.39 is 0 Å². The van der Waals surface area contributed by atoms with Crippen LogP contribution < -0.4 is 20.3 Å². The first-order valence-corrected chi connectivity index (χ1v) is 11.7. The number of methoxy groups -OCH3 is 1. The van der Waals surface area contributed by atoms with E-state index in [1.54, 1.807) is 19.2 Å². The molecule has 10 nitrogen and oxygen atoms in total. The number of anilines is 4. The summed E-state index contributed by atoms with van der Waals surface area (Å²) in [5.74, 6) is 0.828. The molecule has 3 heterocycles. The molecule has 1 aliphatic rings. The Morgan fingerprint density at radius 3 is 2.81 bits per heavy atom. The summed E-state index contributed by atoms with van der Waals surface area (Å²) in [6.07, 6.45) is 1.21. The quantitative estimate of drug-likeness (QED) is 0.317. The van der Waals surface area contributed by atoms with E-state index in [9.17, 15) is 4.79 Å². The summed E-state index contributed by atoms with van der Waals surface area (Å²) in [5, 5.41) is 13.9. The number of rotatable bonds is 7. The molecule has 2 aromatic carbocycles. The Hall–Kier alpha value is -4.15. The largest absolute Gasteiger partial charge is 0.495 e. The monoisotopic (exact) mass is 505 g/mol. The van der Waals surface area contributed by atoms with Crippen LogP contribution >= 0.6 is 11.6 Å². The number of aromatic amines is 1. The van der Waals surface area contributed by atoms with Crippen molar-refractivity contribution in [2.24, 2.45) is 0 Å². The van der Waals surface area contributed by atoms with Crippen molar-refractivity contribution >= 4 is 51.6 Å². The molecule has 0 atom stereocenters. The minimum Gasteiger partial charge on any atom is -0.495 e. The number of ether oxygens (including phenoxy) is 2. The maximum Gasteiger partial charge on any atom is 0.247 e. The Morgan fingerprint density at radius 1 is 1.19 bits per heavy atom. The number of benzene rings is 2. The summed E-state index contributed by atoms with van der Waals surface area (Å²) in [4.78, 5) is 23.3. The summed E-state index contributed by atoms with van der Waals surface area (Å²) >= 11 is 6.37. The maximum atomic E-state index is 11.8. The number of morpholine rings is 1. The first-order chi connectivity index (χ1) is 17.6. The Labute approximate surface area is 212 Å². The molecule has 1 fully saturated rings. The number of halogens is 1. The molecular weight excluding hydrogens is 482 g/mol. The molecule has 0 spiro atoms. The lowest BCUT2D eigenvalue weighted by Gasteiger charge is -2.30. The molecule has 36 heavy (non-hydrogen) atoms. The molecule has 1 saturated heterocycles. The van der Waals surface area contributed by atoms with Crippen LogP contribution in [0.5, 0.6) is 5.75 Å². The Balaban J connectivity index is 1.53. The summed E-state index contributed by atoms with van der Waals surface area (Å²) in [7, 11) is 1.66. The van der Waals surface area contributed by atoms with Crippen LogP contribution in [0.1, 0.15) is 0 Å². The van der Waals surface area contributed by atoms with E-state index in [2.05, 4.69) is 37.3 Å². The smallest absolute Gasteiger partial charge is 0.247 e. The third-order valence-corrected chi connectivity index (χ3v) is 6.02. The second-order valence-corrected chi connectivity index (χ2v) is 8.38. The van der Waals surface area contributed by atoms with E-state index in [4.69, 9.17) is 26.1 Å². The molecular formula is C25H24ClN7O3. The average molecular weight is 506 g/mol. The van der Waals surface area contributed by atoms with E-state index in [1.807, 2.05) is 30.3 Å². The fourth-order valence-corrected chi connectivity index (χ4v) is 4.27. The van der Waals surface area contributed by atoms with Gasteiger partial charge in [0.2, 0.25) is 11.9 Å². The van der Waals surface area contributed by atoms with Crippen molar-refractivity contribution in [3.63, 3.8) is 0 Å². The van der Waals surface area contributed by atoms with Gasteiger partial charge in [-0.25, -0.2) is 4.98 Å². The Bertz CT molecular complexity index is 1430. The van der Waals surface area contributed by atoms with Crippen LogP contribution in [-0.2, 0) is 9.53 Å². The van der Waals surface area contributed by atoms with Crippen molar-refractivity contribution in [1.29, 1.82) is 0 Å². The number of hydrogen-bond acceptors (Lipinski definition) is 8. The van der Waals surface area contributed by atoms with Gasteiger partial charge < -0.3 is 25.0 Å². The summed E-state index contributed by atoms with van der Waals surface area (Å²) in [6.45, 7) is 6.37. The van der Waals surface area contributed by atoms with Crippen LogP contribution in [0, 0.1) is 0 Å². The molecule has 184 valence electrons. The summed E-state index contributed by atoms with van der Waals surface area (Å²) in [5.41, 5.74) is 4.14. The number of nitrogens with one attached hydrogen (secondary N) is 3. The number of nitrogens with zero attached hydrogens (tertiary/aromatic N) is 4. The van der Waals surface area contributed by atoms with Gasteiger partial charge in [-0.1, -0.05) is 30.3 Å². The highest BCUT2D eigenvalue weighted by Crippen LogP contribution is 2.35. The number of carbonyl (C=O) groups is 1. The van der Waals surface area contributed by atoms with Gasteiger partial charge in [0.15, 0.2) is 10.8 Å². The third-order valence-electron chi connectivity index (χ3n) is 5.75. The normalized spacial score (nSPS) is 13.4. The van der Waals surface area contributed by atoms with E-state index in [0.29, 0.717) is 41.6 Å². The number of carbonyl (C=O) groups excluding carboxylic acids is 1. The van der Waals surface area contributed by atoms with Gasteiger partial charge in [0.05, 0.1) is 37.1 Å². The van der Waals surface area contributed by atoms with E-state index >= 15 is 0 Å². The predicted molar refractivity (Wildman–Crippen MR) is 140 cm³/mol. The zero-order valence-corrected chi connectivity index (χ0v) is 20.3. The van der Waals surface area contributed by atoms with Gasteiger partial charge in [-0.2, -0.15) is 10.1 Å². The molecule has 0 bridgehead atoms. The van der Waals surface area contributed by atoms with Crippen LogP contribution in [0.25, 0.3) is 22.3 Å². The number of amides is 1.